The van der Waals surface area contributed by atoms with Gasteiger partial charge in [0.2, 0.25) is 4.80 Å². The summed E-state index contributed by atoms with van der Waals surface area (Å²) in [4.78, 5) is 36.3. The van der Waals surface area contributed by atoms with Crippen molar-refractivity contribution in [2.75, 3.05) is 13.2 Å². The largest absolute Gasteiger partial charge is 0.465 e. The van der Waals surface area contributed by atoms with E-state index in [1.165, 1.54) is 4.57 Å². The highest BCUT2D eigenvalue weighted by Gasteiger charge is 2.16. The van der Waals surface area contributed by atoms with Crippen LogP contribution in [0.15, 0.2) is 11.2 Å². The molecule has 0 spiro atoms. The second-order valence-corrected chi connectivity index (χ2v) is 4.34. The number of nitrogens with zero attached hydrogens (tertiary/aromatic N) is 3. The molecule has 1 amide bonds. The predicted octanol–water partition coefficient (Wildman–Crippen LogP) is 1.08. The van der Waals surface area contributed by atoms with E-state index in [9.17, 15) is 19.7 Å². The maximum atomic E-state index is 11.4. The van der Waals surface area contributed by atoms with Gasteiger partial charge < -0.3 is 14.0 Å². The van der Waals surface area contributed by atoms with Crippen LogP contribution >= 0.6 is 11.3 Å². The molecule has 1 heterocycles. The molecular weight excluding hydrogens is 290 g/mol. The van der Waals surface area contributed by atoms with Crippen LogP contribution in [-0.2, 0) is 20.8 Å². The van der Waals surface area contributed by atoms with E-state index in [4.69, 9.17) is 4.74 Å². The number of rotatable bonds is 5. The first-order valence-corrected chi connectivity index (χ1v) is 6.51. The minimum Gasteiger partial charge on any atom is -0.465 e. The van der Waals surface area contributed by atoms with Crippen molar-refractivity contribution < 1.29 is 24.0 Å². The van der Waals surface area contributed by atoms with Gasteiger partial charge in [-0.3, -0.25) is 14.9 Å². The molecular formula is C10H13N3O6S. The van der Waals surface area contributed by atoms with Crippen molar-refractivity contribution in [2.45, 2.75) is 20.4 Å². The van der Waals surface area contributed by atoms with E-state index in [0.717, 1.165) is 6.20 Å². The van der Waals surface area contributed by atoms with Gasteiger partial charge in [-0.2, -0.15) is 0 Å². The summed E-state index contributed by atoms with van der Waals surface area (Å²) in [5.41, 5.74) is 0. The second kappa shape index (κ2) is 7.38. The Balaban J connectivity index is 3.10. The average Bonchev–Trinajstić information content (AvgIpc) is 2.73. The highest BCUT2D eigenvalue weighted by Crippen LogP contribution is 2.14. The zero-order chi connectivity index (χ0) is 15.1. The van der Waals surface area contributed by atoms with Gasteiger partial charge in [-0.25, -0.2) is 4.79 Å². The lowest BCUT2D eigenvalue weighted by Crippen LogP contribution is -2.22. The zero-order valence-electron chi connectivity index (χ0n) is 10.9. The third kappa shape index (κ3) is 4.46. The number of esters is 1. The summed E-state index contributed by atoms with van der Waals surface area (Å²) in [7, 11) is 0. The van der Waals surface area contributed by atoms with Crippen molar-refractivity contribution in [1.82, 2.24) is 4.57 Å². The van der Waals surface area contributed by atoms with Gasteiger partial charge in [-0.15, -0.1) is 4.99 Å². The average molecular weight is 303 g/mol. The molecule has 0 saturated heterocycles. The van der Waals surface area contributed by atoms with Crippen molar-refractivity contribution in [2.24, 2.45) is 4.99 Å². The Morgan fingerprint density at radius 3 is 2.60 bits per heavy atom. The fourth-order valence-corrected chi connectivity index (χ4v) is 2.03. The van der Waals surface area contributed by atoms with Gasteiger partial charge in [-0.1, -0.05) is 0 Å². The van der Waals surface area contributed by atoms with Gasteiger partial charge in [0.25, 0.3) is 0 Å². The van der Waals surface area contributed by atoms with E-state index < -0.39 is 17.0 Å². The van der Waals surface area contributed by atoms with Gasteiger partial charge >= 0.3 is 17.1 Å². The molecule has 0 fully saturated rings. The van der Waals surface area contributed by atoms with Crippen LogP contribution in [0.2, 0.25) is 0 Å². The van der Waals surface area contributed by atoms with Gasteiger partial charge in [0, 0.05) is 0 Å². The van der Waals surface area contributed by atoms with Crippen LogP contribution in [0.1, 0.15) is 13.8 Å². The molecule has 0 aliphatic carbocycles. The van der Waals surface area contributed by atoms with Gasteiger partial charge in [0.1, 0.15) is 6.54 Å². The SMILES string of the molecule is CCOC(=O)Cn1cc([N+](=O)[O-])sc1=NC(=O)OCC. The molecule has 0 bridgehead atoms. The van der Waals surface area contributed by atoms with Crippen molar-refractivity contribution in [3.63, 3.8) is 0 Å². The third-order valence-corrected chi connectivity index (χ3v) is 2.92. The van der Waals surface area contributed by atoms with Crippen LogP contribution in [0.3, 0.4) is 0 Å². The molecule has 20 heavy (non-hydrogen) atoms. The molecule has 0 atom stereocenters. The third-order valence-electron chi connectivity index (χ3n) is 1.95. The smallest absolute Gasteiger partial charge is 0.436 e. The number of hydrogen-bond donors (Lipinski definition) is 0. The summed E-state index contributed by atoms with van der Waals surface area (Å²) in [5.74, 6) is -0.578. The fraction of sp³-hybridized carbons (Fsp3) is 0.500. The van der Waals surface area contributed by atoms with E-state index in [2.05, 4.69) is 9.73 Å². The first-order chi connectivity index (χ1) is 9.47. The molecule has 10 heteroatoms. The van der Waals surface area contributed by atoms with Gasteiger partial charge in [0.05, 0.1) is 24.3 Å². The maximum absolute atomic E-state index is 11.4. The Morgan fingerprint density at radius 1 is 1.40 bits per heavy atom. The Bertz CT molecular complexity index is 576. The van der Waals surface area contributed by atoms with Crippen LogP contribution in [0.4, 0.5) is 9.80 Å². The first kappa shape index (κ1) is 15.8. The number of carbonyl (C=O) groups excluding carboxylic acids is 2. The Labute approximate surface area is 117 Å². The zero-order valence-corrected chi connectivity index (χ0v) is 11.7. The molecule has 1 aromatic heterocycles. The Hall–Kier alpha value is -2.23. The van der Waals surface area contributed by atoms with Gasteiger partial charge in [-0.05, 0) is 25.2 Å². The van der Waals surface area contributed by atoms with E-state index in [1.54, 1.807) is 13.8 Å². The molecule has 0 unspecified atom stereocenters. The summed E-state index contributed by atoms with van der Waals surface area (Å²) < 4.78 is 10.5. The van der Waals surface area contributed by atoms with E-state index in [1.807, 2.05) is 0 Å². The fourth-order valence-electron chi connectivity index (χ4n) is 1.23. The summed E-state index contributed by atoms with van der Waals surface area (Å²) in [5, 5.41) is 10.5. The molecule has 1 aromatic rings. The van der Waals surface area contributed by atoms with Crippen LogP contribution < -0.4 is 4.80 Å². The number of nitro groups is 1. The second-order valence-electron chi connectivity index (χ2n) is 3.35. The van der Waals surface area contributed by atoms with Crippen molar-refractivity contribution in [3.8, 4) is 0 Å². The minimum atomic E-state index is -0.873. The number of amides is 1. The maximum Gasteiger partial charge on any atom is 0.436 e. The van der Waals surface area contributed by atoms with Crippen LogP contribution in [0.25, 0.3) is 0 Å². The molecule has 0 N–H and O–H groups in total. The first-order valence-electron chi connectivity index (χ1n) is 5.69. The summed E-state index contributed by atoms with van der Waals surface area (Å²) in [6.07, 6.45) is 0.251. The van der Waals surface area contributed by atoms with Gasteiger partial charge in [0.15, 0.2) is 0 Å². The molecule has 0 radical (unpaired) electrons. The van der Waals surface area contributed by atoms with E-state index in [0.29, 0.717) is 11.3 Å². The molecule has 0 aromatic carbocycles. The highest BCUT2D eigenvalue weighted by atomic mass is 32.1. The van der Waals surface area contributed by atoms with Crippen molar-refractivity contribution in [1.29, 1.82) is 0 Å². The highest BCUT2D eigenvalue weighted by molar-refractivity contribution is 7.12. The number of ether oxygens (including phenoxy) is 2. The number of aromatic nitrogens is 1. The van der Waals surface area contributed by atoms with Crippen LogP contribution in [0.5, 0.6) is 0 Å². The lowest BCUT2D eigenvalue weighted by Gasteiger charge is -2.02. The van der Waals surface area contributed by atoms with Crippen molar-refractivity contribution in [3.05, 3.63) is 21.1 Å². The lowest BCUT2D eigenvalue weighted by molar-refractivity contribution is -0.380. The van der Waals surface area contributed by atoms with Crippen LogP contribution in [0, 0.1) is 10.1 Å². The number of carbonyl (C=O) groups is 2. The predicted molar refractivity (Wildman–Crippen MR) is 68.2 cm³/mol. The van der Waals surface area contributed by atoms with E-state index >= 15 is 0 Å². The summed E-state index contributed by atoms with van der Waals surface area (Å²) in [6.45, 7) is 3.31. The Morgan fingerprint density at radius 2 is 2.05 bits per heavy atom. The number of thiazole rings is 1. The summed E-state index contributed by atoms with van der Waals surface area (Å²) >= 11 is 0.670. The molecule has 0 aliphatic rings. The molecule has 110 valence electrons. The van der Waals surface area contributed by atoms with E-state index in [-0.39, 0.29) is 29.6 Å². The normalized spacial score (nSPS) is 11.2. The van der Waals surface area contributed by atoms with Crippen molar-refractivity contribution >= 4 is 28.4 Å². The lowest BCUT2D eigenvalue weighted by atomic mass is 10.6. The summed E-state index contributed by atoms with van der Waals surface area (Å²) in [6, 6.07) is 0. The molecule has 9 nitrogen and oxygen atoms in total. The number of hydrogen-bond acceptors (Lipinski definition) is 7. The quantitative estimate of drug-likeness (QED) is 0.457. The van der Waals surface area contributed by atoms with Crippen LogP contribution in [-0.4, -0.2) is 34.8 Å². The molecule has 0 aliphatic heterocycles. The minimum absolute atomic E-state index is 0.00297. The Kier molecular flexibility index (Phi) is 5.84. The standard InChI is InChI=1S/C10H13N3O6S/c1-3-18-8(14)6-12-5-7(13(16)17)20-9(12)11-10(15)19-4-2/h5H,3-4,6H2,1-2H3. The topological polar surface area (TPSA) is 113 Å². The molecule has 1 rings (SSSR count). The monoisotopic (exact) mass is 303 g/mol. The molecule has 0 saturated carbocycles.